The summed E-state index contributed by atoms with van der Waals surface area (Å²) in [6.07, 6.45) is 2.63. The number of benzene rings is 1. The quantitative estimate of drug-likeness (QED) is 0.837. The van der Waals surface area contributed by atoms with E-state index in [9.17, 15) is 9.90 Å². The number of aliphatic hydroxyl groups excluding tert-OH is 1. The zero-order valence-electron chi connectivity index (χ0n) is 15.2. The molecule has 1 unspecified atom stereocenters. The summed E-state index contributed by atoms with van der Waals surface area (Å²) in [7, 11) is 4.10. The molecule has 1 atom stereocenters. The summed E-state index contributed by atoms with van der Waals surface area (Å²) in [6.45, 7) is 4.35. The monoisotopic (exact) mass is 333 g/mol. The fourth-order valence-corrected chi connectivity index (χ4v) is 3.05. The maximum atomic E-state index is 12.4. The second-order valence-corrected chi connectivity index (χ2v) is 7.45. The first-order valence-corrected chi connectivity index (χ1v) is 8.77. The molecule has 1 aromatic rings. The Bertz CT molecular complexity index is 511. The van der Waals surface area contributed by atoms with Crippen LogP contribution in [0, 0.1) is 5.41 Å². The van der Waals surface area contributed by atoms with Crippen LogP contribution in [0.15, 0.2) is 30.3 Å². The van der Waals surface area contributed by atoms with Crippen molar-refractivity contribution < 1.29 is 9.90 Å². The van der Waals surface area contributed by atoms with Gasteiger partial charge in [-0.3, -0.25) is 0 Å². The fraction of sp³-hybridized carbons (Fsp3) is 0.632. The number of carbonyl (C=O) groups is 1. The van der Waals surface area contributed by atoms with Gasteiger partial charge in [-0.15, -0.1) is 0 Å². The first kappa shape index (κ1) is 18.7. The smallest absolute Gasteiger partial charge is 0.317 e. The van der Waals surface area contributed by atoms with Gasteiger partial charge in [0.2, 0.25) is 0 Å². The van der Waals surface area contributed by atoms with Crippen LogP contribution in [-0.4, -0.2) is 67.3 Å². The van der Waals surface area contributed by atoms with E-state index in [1.54, 1.807) is 0 Å². The van der Waals surface area contributed by atoms with E-state index < -0.39 is 0 Å². The molecule has 0 aromatic heterocycles. The van der Waals surface area contributed by atoms with E-state index in [2.05, 4.69) is 29.3 Å². The summed E-state index contributed by atoms with van der Waals surface area (Å²) < 4.78 is 0. The van der Waals surface area contributed by atoms with Crippen LogP contribution in [0.25, 0.3) is 0 Å². The average Bonchev–Trinajstić information content (AvgIpc) is 2.59. The Balaban J connectivity index is 1.82. The van der Waals surface area contributed by atoms with Crippen LogP contribution < -0.4 is 5.32 Å². The summed E-state index contributed by atoms with van der Waals surface area (Å²) in [5.74, 6) is 0. The molecule has 0 bridgehead atoms. The Kier molecular flexibility index (Phi) is 6.63. The lowest BCUT2D eigenvalue weighted by Crippen LogP contribution is -2.50. The molecule has 1 heterocycles. The molecule has 0 aliphatic carbocycles. The van der Waals surface area contributed by atoms with Crippen molar-refractivity contribution in [3.05, 3.63) is 35.9 Å². The number of piperidine rings is 1. The van der Waals surface area contributed by atoms with Gasteiger partial charge >= 0.3 is 6.03 Å². The molecular formula is C19H31N3O2. The second-order valence-electron chi connectivity index (χ2n) is 7.45. The third-order valence-electron chi connectivity index (χ3n) is 5.17. The van der Waals surface area contributed by atoms with E-state index in [1.807, 2.05) is 37.2 Å². The number of likely N-dealkylation sites (N-methyl/N-ethyl adjacent to an activating group) is 1. The van der Waals surface area contributed by atoms with Crippen molar-refractivity contribution in [2.24, 2.45) is 5.41 Å². The van der Waals surface area contributed by atoms with Crippen LogP contribution in [0.3, 0.4) is 0 Å². The Morgan fingerprint density at radius 2 is 1.92 bits per heavy atom. The molecule has 2 N–H and O–H groups in total. The van der Waals surface area contributed by atoms with E-state index in [-0.39, 0.29) is 24.1 Å². The van der Waals surface area contributed by atoms with Crippen LogP contribution in [0.1, 0.15) is 25.3 Å². The zero-order valence-corrected chi connectivity index (χ0v) is 15.2. The Morgan fingerprint density at radius 3 is 2.46 bits per heavy atom. The van der Waals surface area contributed by atoms with Crippen molar-refractivity contribution in [1.29, 1.82) is 0 Å². The third kappa shape index (κ3) is 5.21. The topological polar surface area (TPSA) is 55.8 Å². The minimum absolute atomic E-state index is 0.00917. The summed E-state index contributed by atoms with van der Waals surface area (Å²) in [5, 5.41) is 12.5. The maximum Gasteiger partial charge on any atom is 0.317 e. The first-order valence-electron chi connectivity index (χ1n) is 8.77. The number of urea groups is 1. The fourth-order valence-electron chi connectivity index (χ4n) is 3.05. The number of amides is 2. The van der Waals surface area contributed by atoms with Gasteiger partial charge in [0.05, 0.1) is 0 Å². The van der Waals surface area contributed by atoms with Crippen molar-refractivity contribution in [2.75, 3.05) is 40.3 Å². The number of hydrogen-bond acceptors (Lipinski definition) is 3. The lowest BCUT2D eigenvalue weighted by molar-refractivity contribution is 0.0697. The number of nitrogens with one attached hydrogen (secondary N) is 1. The largest absolute Gasteiger partial charge is 0.396 e. The molecule has 2 rings (SSSR count). The van der Waals surface area contributed by atoms with Gasteiger partial charge in [-0.25, -0.2) is 4.79 Å². The van der Waals surface area contributed by atoms with Gasteiger partial charge in [0.25, 0.3) is 0 Å². The molecular weight excluding hydrogens is 302 g/mol. The number of carbonyl (C=O) groups excluding carboxylic acids is 1. The van der Waals surface area contributed by atoms with Gasteiger partial charge in [0.1, 0.15) is 0 Å². The minimum atomic E-state index is -0.0315. The predicted molar refractivity (Wildman–Crippen MR) is 97.0 cm³/mol. The van der Waals surface area contributed by atoms with Gasteiger partial charge in [0, 0.05) is 32.3 Å². The van der Waals surface area contributed by atoms with E-state index in [4.69, 9.17) is 0 Å². The summed E-state index contributed by atoms with van der Waals surface area (Å²) in [4.78, 5) is 16.4. The summed E-state index contributed by atoms with van der Waals surface area (Å²) >= 11 is 0. The van der Waals surface area contributed by atoms with Crippen molar-refractivity contribution in [3.8, 4) is 0 Å². The molecule has 1 aliphatic heterocycles. The molecule has 2 amide bonds. The molecule has 1 aliphatic rings. The van der Waals surface area contributed by atoms with Crippen molar-refractivity contribution >= 4 is 6.03 Å². The lowest BCUT2D eigenvalue weighted by atomic mass is 9.81. The van der Waals surface area contributed by atoms with Gasteiger partial charge in [0.15, 0.2) is 0 Å². The van der Waals surface area contributed by atoms with Crippen molar-refractivity contribution in [3.63, 3.8) is 0 Å². The van der Waals surface area contributed by atoms with Crippen LogP contribution >= 0.6 is 0 Å². The zero-order chi connectivity index (χ0) is 17.6. The minimum Gasteiger partial charge on any atom is -0.396 e. The highest BCUT2D eigenvalue weighted by atomic mass is 16.3. The number of rotatable bonds is 6. The molecule has 0 saturated carbocycles. The highest BCUT2D eigenvalue weighted by Crippen LogP contribution is 2.29. The first-order chi connectivity index (χ1) is 11.4. The average molecular weight is 333 g/mol. The molecule has 1 saturated heterocycles. The van der Waals surface area contributed by atoms with Crippen molar-refractivity contribution in [2.45, 2.75) is 32.2 Å². The Morgan fingerprint density at radius 1 is 1.29 bits per heavy atom. The second kappa shape index (κ2) is 8.49. The molecule has 0 radical (unpaired) electrons. The molecule has 1 aromatic carbocycles. The predicted octanol–water partition coefficient (Wildman–Crippen LogP) is 1.96. The SMILES string of the molecule is CN(C)C(CNC(=O)N1CCC(C)(CO)CC1)Cc1ccccc1. The van der Waals surface area contributed by atoms with E-state index >= 15 is 0 Å². The standard InChI is InChI=1S/C19H31N3O2/c1-19(15-23)9-11-22(12-10-19)18(24)20-14-17(21(2)3)13-16-7-5-4-6-8-16/h4-8,17,23H,9-15H2,1-3H3,(H,20,24). The van der Waals surface area contributed by atoms with E-state index in [0.717, 1.165) is 19.3 Å². The van der Waals surface area contributed by atoms with E-state index in [1.165, 1.54) is 5.56 Å². The maximum absolute atomic E-state index is 12.4. The van der Waals surface area contributed by atoms with Gasteiger partial charge in [-0.2, -0.15) is 0 Å². The molecule has 0 spiro atoms. The van der Waals surface area contributed by atoms with Gasteiger partial charge in [-0.1, -0.05) is 37.3 Å². The lowest BCUT2D eigenvalue weighted by Gasteiger charge is -2.38. The molecule has 134 valence electrons. The number of nitrogens with zero attached hydrogens (tertiary/aromatic N) is 2. The number of hydrogen-bond donors (Lipinski definition) is 2. The van der Waals surface area contributed by atoms with E-state index in [0.29, 0.717) is 19.6 Å². The Hall–Kier alpha value is -1.59. The molecule has 5 heteroatoms. The van der Waals surface area contributed by atoms with Gasteiger partial charge < -0.3 is 20.2 Å². The van der Waals surface area contributed by atoms with Crippen LogP contribution in [0.5, 0.6) is 0 Å². The molecule has 1 fully saturated rings. The summed E-state index contributed by atoms with van der Waals surface area (Å²) in [6, 6.07) is 10.6. The normalized spacial score (nSPS) is 18.5. The van der Waals surface area contributed by atoms with Crippen LogP contribution in [0.4, 0.5) is 4.79 Å². The highest BCUT2D eigenvalue weighted by molar-refractivity contribution is 5.74. The molecule has 5 nitrogen and oxygen atoms in total. The van der Waals surface area contributed by atoms with Gasteiger partial charge in [-0.05, 0) is 44.3 Å². The van der Waals surface area contributed by atoms with Crippen LogP contribution in [-0.2, 0) is 6.42 Å². The number of aliphatic hydroxyl groups is 1. The third-order valence-corrected chi connectivity index (χ3v) is 5.17. The molecule has 24 heavy (non-hydrogen) atoms. The van der Waals surface area contributed by atoms with Crippen LogP contribution in [0.2, 0.25) is 0 Å². The summed E-state index contributed by atoms with van der Waals surface area (Å²) in [5.41, 5.74) is 1.25. The highest BCUT2D eigenvalue weighted by Gasteiger charge is 2.31. The Labute approximate surface area is 145 Å². The van der Waals surface area contributed by atoms with Crippen molar-refractivity contribution in [1.82, 2.24) is 15.1 Å². The number of likely N-dealkylation sites (tertiary alicyclic amines) is 1.